The second-order valence-corrected chi connectivity index (χ2v) is 5.43. The molecule has 0 radical (unpaired) electrons. The fourth-order valence-corrected chi connectivity index (χ4v) is 2.10. The number of aromatic hydroxyl groups is 2. The number of phenolic OH excluding ortho intramolecular Hbond substituents is 2. The lowest BCUT2D eigenvalue weighted by Crippen LogP contribution is -2.01. The largest absolute Gasteiger partial charge is 0.504 e. The van der Waals surface area contributed by atoms with E-state index in [9.17, 15) is 19.8 Å². The van der Waals surface area contributed by atoms with Crippen molar-refractivity contribution in [1.29, 1.82) is 0 Å². The van der Waals surface area contributed by atoms with E-state index in [1.165, 1.54) is 48.6 Å². The van der Waals surface area contributed by atoms with Gasteiger partial charge in [0.2, 0.25) is 0 Å². The van der Waals surface area contributed by atoms with E-state index >= 15 is 0 Å². The summed E-state index contributed by atoms with van der Waals surface area (Å²) in [6.07, 6.45) is 4.47. The zero-order chi connectivity index (χ0) is 24.8. The van der Waals surface area contributed by atoms with Gasteiger partial charge < -0.3 is 19.7 Å². The molecule has 2 aromatic rings. The third-order valence-corrected chi connectivity index (χ3v) is 3.46. The van der Waals surface area contributed by atoms with Gasteiger partial charge in [0.25, 0.3) is 0 Å². The maximum Gasteiger partial charge on any atom is 0.163 e. The van der Waals surface area contributed by atoms with Crippen molar-refractivity contribution in [3.63, 3.8) is 0 Å². The van der Waals surface area contributed by atoms with Crippen molar-refractivity contribution >= 4 is 23.7 Å². The van der Waals surface area contributed by atoms with E-state index in [-0.39, 0.29) is 23.0 Å². The minimum Gasteiger partial charge on any atom is -0.504 e. The zero-order valence-corrected chi connectivity index (χ0v) is 14.0. The van der Waals surface area contributed by atoms with Crippen LogP contribution in [0.5, 0.6) is 23.0 Å². The van der Waals surface area contributed by atoms with Crippen LogP contribution in [0.25, 0.3) is 12.2 Å². The Morgan fingerprint density at radius 2 is 1.33 bits per heavy atom. The number of carbonyl (C=O) groups is 2. The molecular weight excluding hydrogens is 348 g/mol. The van der Waals surface area contributed by atoms with E-state index in [0.29, 0.717) is 11.1 Å². The van der Waals surface area contributed by atoms with Crippen molar-refractivity contribution in [3.8, 4) is 23.0 Å². The highest BCUT2D eigenvalue weighted by molar-refractivity contribution is 6.10. The molecule has 2 rings (SSSR count). The smallest absolute Gasteiger partial charge is 0.163 e. The quantitative estimate of drug-likeness (QED) is 0.544. The van der Waals surface area contributed by atoms with Gasteiger partial charge in [-0.1, -0.05) is 24.3 Å². The maximum absolute atomic E-state index is 12.0. The van der Waals surface area contributed by atoms with Gasteiger partial charge in [-0.3, -0.25) is 9.59 Å². The van der Waals surface area contributed by atoms with Crippen molar-refractivity contribution in [2.45, 2.75) is 6.42 Å². The lowest BCUT2D eigenvalue weighted by atomic mass is 10.1. The lowest BCUT2D eigenvalue weighted by Gasteiger charge is -2.03. The molecule has 140 valence electrons. The molecule has 0 saturated heterocycles. The number of phenols is 2. The van der Waals surface area contributed by atoms with Crippen LogP contribution in [0.4, 0.5) is 0 Å². The molecule has 0 fully saturated rings. The Morgan fingerprint density at radius 3 is 1.74 bits per heavy atom. The molecule has 0 aliphatic carbocycles. The molecule has 0 unspecified atom stereocenters. The van der Waals surface area contributed by atoms with Gasteiger partial charge in [0.05, 0.1) is 28.7 Å². The monoisotopic (exact) mass is 374 g/mol. The van der Waals surface area contributed by atoms with Gasteiger partial charge in [0, 0.05) is 0 Å². The Hall–Kier alpha value is -3.54. The van der Waals surface area contributed by atoms with E-state index < -0.39 is 32.1 Å². The maximum atomic E-state index is 12.0. The first-order valence-electron chi connectivity index (χ1n) is 10.7. The highest BCUT2D eigenvalue weighted by Gasteiger charge is 2.06. The van der Waals surface area contributed by atoms with E-state index in [4.69, 9.17) is 8.22 Å². The predicted molar refractivity (Wildman–Crippen MR) is 102 cm³/mol. The average Bonchev–Trinajstić information content (AvgIpc) is 2.67. The Balaban J connectivity index is 2.01. The topological polar surface area (TPSA) is 93.1 Å². The van der Waals surface area contributed by atoms with Crippen LogP contribution in [0, 0.1) is 0 Å². The van der Waals surface area contributed by atoms with Crippen LogP contribution in [0.2, 0.25) is 0 Å². The third-order valence-electron chi connectivity index (χ3n) is 3.46. The summed E-state index contributed by atoms with van der Waals surface area (Å²) in [5, 5.41) is 19.3. The number of benzene rings is 2. The summed E-state index contributed by atoms with van der Waals surface area (Å²) in [6, 6.07) is 7.74. The molecule has 0 atom stereocenters. The van der Waals surface area contributed by atoms with Gasteiger partial charge in [-0.15, -0.1) is 0 Å². The number of methoxy groups -OCH3 is 2. The summed E-state index contributed by atoms with van der Waals surface area (Å²) in [7, 11) is -5.52. The van der Waals surface area contributed by atoms with Gasteiger partial charge in [0.15, 0.2) is 34.6 Å². The van der Waals surface area contributed by atoms with Gasteiger partial charge in [0.1, 0.15) is 0 Å². The van der Waals surface area contributed by atoms with Crippen LogP contribution in [-0.4, -0.2) is 35.9 Å². The van der Waals surface area contributed by atoms with E-state index in [0.717, 1.165) is 12.2 Å². The molecule has 6 nitrogen and oxygen atoms in total. The van der Waals surface area contributed by atoms with Crippen LogP contribution in [-0.2, 0) is 9.59 Å². The minimum absolute atomic E-state index is 0.278. The Labute approximate surface area is 165 Å². The summed E-state index contributed by atoms with van der Waals surface area (Å²) in [5.74, 6) is -2.38. The van der Waals surface area contributed by atoms with Gasteiger partial charge in [-0.05, 0) is 47.5 Å². The van der Waals surface area contributed by atoms with Crippen molar-refractivity contribution in [2.75, 3.05) is 14.1 Å². The number of rotatable bonds is 8. The number of ketones is 2. The molecule has 2 N–H and O–H groups in total. The fourth-order valence-electron chi connectivity index (χ4n) is 2.10. The number of allylic oxidation sites excluding steroid dienone is 2. The summed E-state index contributed by atoms with van der Waals surface area (Å²) in [4.78, 5) is 24.1. The summed E-state index contributed by atoms with van der Waals surface area (Å²) in [5.41, 5.74) is 0.739. The highest BCUT2D eigenvalue weighted by Crippen LogP contribution is 2.27. The zero-order valence-electron chi connectivity index (χ0n) is 20.0. The summed E-state index contributed by atoms with van der Waals surface area (Å²) < 4.78 is 51.9. The summed E-state index contributed by atoms with van der Waals surface area (Å²) in [6.45, 7) is 0. The highest BCUT2D eigenvalue weighted by atomic mass is 16.5. The van der Waals surface area contributed by atoms with Crippen molar-refractivity contribution in [2.24, 2.45) is 0 Å². The first-order chi connectivity index (χ1) is 15.2. The van der Waals surface area contributed by atoms with Gasteiger partial charge >= 0.3 is 0 Å². The number of hydrogen-bond acceptors (Lipinski definition) is 6. The van der Waals surface area contributed by atoms with Crippen molar-refractivity contribution in [1.82, 2.24) is 0 Å². The fraction of sp³-hybridized carbons (Fsp3) is 0.143. The molecule has 0 heterocycles. The first-order valence-corrected chi connectivity index (χ1v) is 7.68. The van der Waals surface area contributed by atoms with E-state index in [1.54, 1.807) is 0 Å². The Morgan fingerprint density at radius 1 is 0.889 bits per heavy atom. The van der Waals surface area contributed by atoms with Gasteiger partial charge in [-0.2, -0.15) is 0 Å². The van der Waals surface area contributed by atoms with Crippen LogP contribution < -0.4 is 9.47 Å². The van der Waals surface area contributed by atoms with Crippen LogP contribution in [0.3, 0.4) is 0 Å². The van der Waals surface area contributed by atoms with Crippen molar-refractivity contribution in [3.05, 3.63) is 59.7 Å². The second kappa shape index (κ2) is 9.24. The Kier molecular flexibility index (Phi) is 4.36. The van der Waals surface area contributed by atoms with Gasteiger partial charge in [-0.25, -0.2) is 0 Å². The number of hydrogen-bond donors (Lipinski definition) is 2. The summed E-state index contributed by atoms with van der Waals surface area (Å²) >= 11 is 0. The SMILES string of the molecule is [2H]C([2H])([2H])Oc1cc(C=CC(=O)CC(=O)C=Cc2ccc(O)c(OC([2H])([2H])[2H])c2)ccc1O. The third kappa shape index (κ3) is 5.74. The van der Waals surface area contributed by atoms with Crippen LogP contribution >= 0.6 is 0 Å². The normalized spacial score (nSPS) is 15.3. The predicted octanol–water partition coefficient (Wildman–Crippen LogP) is 3.37. The standard InChI is InChI=1S/C21H20O6/c1-26-20-11-14(5-9-18(20)24)3-7-16(22)13-17(23)8-4-15-6-10-19(25)21(12-15)27-2/h3-12,24-25H,13H2,1-2H3/i1D3,2D3. The number of carbonyl (C=O) groups excluding carboxylic acids is 2. The molecule has 0 bridgehead atoms. The minimum atomic E-state index is -2.76. The molecule has 0 aromatic heterocycles. The van der Waals surface area contributed by atoms with Crippen LogP contribution in [0.1, 0.15) is 25.8 Å². The molecule has 6 heteroatoms. The molecule has 27 heavy (non-hydrogen) atoms. The molecule has 0 spiro atoms. The lowest BCUT2D eigenvalue weighted by molar-refractivity contribution is -0.121. The molecule has 0 aliphatic rings. The molecule has 0 aliphatic heterocycles. The molecule has 0 amide bonds. The molecule has 2 aromatic carbocycles. The average molecular weight is 374 g/mol. The van der Waals surface area contributed by atoms with E-state index in [2.05, 4.69) is 9.47 Å². The second-order valence-electron chi connectivity index (χ2n) is 5.43. The van der Waals surface area contributed by atoms with E-state index in [1.807, 2.05) is 0 Å². The molecule has 0 saturated carbocycles. The number of ether oxygens (including phenoxy) is 2. The first kappa shape index (κ1) is 12.8. The molecular formula is C21H20O6. The Bertz CT molecular complexity index is 1000. The van der Waals surface area contributed by atoms with Crippen molar-refractivity contribution < 1.29 is 37.5 Å². The van der Waals surface area contributed by atoms with Crippen LogP contribution in [0.15, 0.2) is 48.6 Å².